The molecule has 0 saturated heterocycles. The van der Waals surface area contributed by atoms with Gasteiger partial charge in [0.2, 0.25) is 15.9 Å². The maximum Gasteiger partial charge on any atom is 0.422 e. The van der Waals surface area contributed by atoms with Crippen molar-refractivity contribution in [2.24, 2.45) is 0 Å². The summed E-state index contributed by atoms with van der Waals surface area (Å²) in [6.45, 7) is 0.285. The van der Waals surface area contributed by atoms with Crippen LogP contribution in [0.4, 0.5) is 22.0 Å². The van der Waals surface area contributed by atoms with Crippen LogP contribution in [0.2, 0.25) is 0 Å². The van der Waals surface area contributed by atoms with Crippen molar-refractivity contribution in [3.8, 4) is 17.0 Å². The average molecular weight is 546 g/mol. The Kier molecular flexibility index (Phi) is 7.51. The van der Waals surface area contributed by atoms with Crippen molar-refractivity contribution in [3.63, 3.8) is 0 Å². The summed E-state index contributed by atoms with van der Waals surface area (Å²) < 4.78 is 101. The Morgan fingerprint density at radius 2 is 1.81 bits per heavy atom. The minimum atomic E-state index is -4.49. The van der Waals surface area contributed by atoms with Crippen LogP contribution in [-0.2, 0) is 16.4 Å². The fourth-order valence-corrected chi connectivity index (χ4v) is 5.91. The number of rotatable bonds is 8. The number of nitrogens with zero attached hydrogens (tertiary/aromatic N) is 4. The standard InChI is InChI=1S/C23H24F5N5O3S/c1-2-15-7-16(17-4-6-21(29-11-17)36-12-23(26,27)28)3-5-20(15)37(34,35)32-18-8-19(10-22(24,25)9-18)33-13-30-31-14-33/h3-7,11,13-14,18-19,32H,2,8-10,12H2,1H3. The number of halogens is 5. The summed E-state index contributed by atoms with van der Waals surface area (Å²) >= 11 is 0. The molecule has 0 bridgehead atoms. The molecule has 1 N–H and O–H groups in total. The Labute approximate surface area is 209 Å². The highest BCUT2D eigenvalue weighted by Crippen LogP contribution is 2.40. The van der Waals surface area contributed by atoms with Gasteiger partial charge in [-0.25, -0.2) is 26.9 Å². The highest BCUT2D eigenvalue weighted by Gasteiger charge is 2.43. The van der Waals surface area contributed by atoms with E-state index in [1.54, 1.807) is 13.0 Å². The third kappa shape index (κ3) is 6.80. The zero-order valence-electron chi connectivity index (χ0n) is 19.6. The van der Waals surface area contributed by atoms with Crippen molar-refractivity contribution in [1.82, 2.24) is 24.5 Å². The van der Waals surface area contributed by atoms with Gasteiger partial charge in [0.1, 0.15) is 12.7 Å². The van der Waals surface area contributed by atoms with E-state index >= 15 is 0 Å². The lowest BCUT2D eigenvalue weighted by atomic mass is 9.88. The van der Waals surface area contributed by atoms with E-state index in [-0.39, 0.29) is 17.2 Å². The van der Waals surface area contributed by atoms with Crippen LogP contribution < -0.4 is 9.46 Å². The Hall–Kier alpha value is -3.13. The van der Waals surface area contributed by atoms with Gasteiger partial charge in [0.25, 0.3) is 5.92 Å². The molecule has 0 spiro atoms. The predicted molar refractivity (Wildman–Crippen MR) is 123 cm³/mol. The highest BCUT2D eigenvalue weighted by molar-refractivity contribution is 7.89. The van der Waals surface area contributed by atoms with Gasteiger partial charge in [-0.2, -0.15) is 13.2 Å². The van der Waals surface area contributed by atoms with Crippen molar-refractivity contribution >= 4 is 10.0 Å². The first-order chi connectivity index (χ1) is 17.4. The number of hydrogen-bond donors (Lipinski definition) is 1. The number of nitrogens with one attached hydrogen (secondary N) is 1. The minimum Gasteiger partial charge on any atom is -0.468 e. The molecule has 2 heterocycles. The van der Waals surface area contributed by atoms with Gasteiger partial charge < -0.3 is 9.30 Å². The molecule has 200 valence electrons. The SMILES string of the molecule is CCc1cc(-c2ccc(OCC(F)(F)F)nc2)ccc1S(=O)(=O)NC1CC(n2cnnc2)CC(F)(F)C1. The van der Waals surface area contributed by atoms with E-state index in [1.807, 2.05) is 0 Å². The van der Waals surface area contributed by atoms with E-state index in [1.165, 1.54) is 47.7 Å². The molecule has 1 aliphatic rings. The normalized spacial score (nSPS) is 20.1. The number of alkyl halides is 5. The molecular formula is C23H24F5N5O3S. The first kappa shape index (κ1) is 26.9. The largest absolute Gasteiger partial charge is 0.468 e. The lowest BCUT2D eigenvalue weighted by Crippen LogP contribution is -2.45. The second-order valence-electron chi connectivity index (χ2n) is 8.85. The van der Waals surface area contributed by atoms with Crippen molar-refractivity contribution in [2.45, 2.75) is 61.7 Å². The van der Waals surface area contributed by atoms with Gasteiger partial charge in [-0.1, -0.05) is 13.0 Å². The van der Waals surface area contributed by atoms with Crippen molar-refractivity contribution in [3.05, 3.63) is 54.7 Å². The van der Waals surface area contributed by atoms with Gasteiger partial charge >= 0.3 is 6.18 Å². The Morgan fingerprint density at radius 1 is 1.11 bits per heavy atom. The molecule has 2 unspecified atom stereocenters. The Balaban J connectivity index is 1.52. The van der Waals surface area contributed by atoms with Crippen LogP contribution in [0.3, 0.4) is 0 Å². The van der Waals surface area contributed by atoms with Crippen molar-refractivity contribution < 1.29 is 35.1 Å². The number of pyridine rings is 1. The molecule has 8 nitrogen and oxygen atoms in total. The monoisotopic (exact) mass is 545 g/mol. The number of sulfonamides is 1. The van der Waals surface area contributed by atoms with Crippen LogP contribution in [0, 0.1) is 0 Å². The average Bonchev–Trinajstić information content (AvgIpc) is 3.36. The fraction of sp³-hybridized carbons (Fsp3) is 0.435. The van der Waals surface area contributed by atoms with Gasteiger partial charge in [-0.15, -0.1) is 10.2 Å². The van der Waals surface area contributed by atoms with Crippen LogP contribution >= 0.6 is 0 Å². The second-order valence-corrected chi connectivity index (χ2v) is 10.5. The van der Waals surface area contributed by atoms with E-state index in [4.69, 9.17) is 0 Å². The molecular weight excluding hydrogens is 521 g/mol. The molecule has 4 rings (SSSR count). The number of aryl methyl sites for hydroxylation is 1. The van der Waals surface area contributed by atoms with Crippen LogP contribution in [0.5, 0.6) is 5.88 Å². The summed E-state index contributed by atoms with van der Waals surface area (Å²) in [6.07, 6.45) is -1.09. The molecule has 14 heteroatoms. The molecule has 3 aromatic rings. The van der Waals surface area contributed by atoms with Gasteiger partial charge in [-0.05, 0) is 42.2 Å². The molecule has 37 heavy (non-hydrogen) atoms. The maximum absolute atomic E-state index is 14.4. The summed E-state index contributed by atoms with van der Waals surface area (Å²) in [4.78, 5) is 3.83. The molecule has 0 amide bonds. The quantitative estimate of drug-likeness (QED) is 0.417. The molecule has 1 saturated carbocycles. The van der Waals surface area contributed by atoms with E-state index in [9.17, 15) is 30.4 Å². The van der Waals surface area contributed by atoms with E-state index in [0.29, 0.717) is 23.1 Å². The third-order valence-corrected chi connectivity index (χ3v) is 7.62. The molecule has 2 aromatic heterocycles. The van der Waals surface area contributed by atoms with Crippen LogP contribution in [0.15, 0.2) is 54.1 Å². The summed E-state index contributed by atoms with van der Waals surface area (Å²) in [5.41, 5.74) is 1.57. The minimum absolute atomic E-state index is 0.0356. The molecule has 1 aromatic carbocycles. The maximum atomic E-state index is 14.4. The van der Waals surface area contributed by atoms with Gasteiger partial charge in [0.05, 0.1) is 4.90 Å². The summed E-state index contributed by atoms with van der Waals surface area (Å²) in [6, 6.07) is 5.66. The summed E-state index contributed by atoms with van der Waals surface area (Å²) in [7, 11) is -4.14. The Bertz CT molecular complexity index is 1320. The van der Waals surface area contributed by atoms with E-state index in [2.05, 4.69) is 24.6 Å². The lowest BCUT2D eigenvalue weighted by molar-refractivity contribution is -0.154. The van der Waals surface area contributed by atoms with Gasteiger partial charge in [0.15, 0.2) is 6.61 Å². The lowest BCUT2D eigenvalue weighted by Gasteiger charge is -2.35. The Morgan fingerprint density at radius 3 is 2.43 bits per heavy atom. The predicted octanol–water partition coefficient (Wildman–Crippen LogP) is 4.55. The smallest absolute Gasteiger partial charge is 0.422 e. The van der Waals surface area contributed by atoms with Crippen molar-refractivity contribution in [2.75, 3.05) is 6.61 Å². The summed E-state index contributed by atoms with van der Waals surface area (Å²) in [5.74, 6) is -3.27. The van der Waals surface area contributed by atoms with E-state index in [0.717, 1.165) is 0 Å². The number of aromatic nitrogens is 4. The molecule has 1 aliphatic carbocycles. The zero-order chi connectivity index (χ0) is 26.8. The van der Waals surface area contributed by atoms with Crippen LogP contribution in [0.1, 0.15) is 37.8 Å². The number of hydrogen-bond acceptors (Lipinski definition) is 6. The topological polar surface area (TPSA) is 99.0 Å². The van der Waals surface area contributed by atoms with Crippen molar-refractivity contribution in [1.29, 1.82) is 0 Å². The third-order valence-electron chi connectivity index (χ3n) is 6.00. The fourth-order valence-electron chi connectivity index (χ4n) is 4.37. The highest BCUT2D eigenvalue weighted by atomic mass is 32.2. The number of ether oxygens (including phenoxy) is 1. The van der Waals surface area contributed by atoms with Crippen LogP contribution in [0.25, 0.3) is 11.1 Å². The first-order valence-corrected chi connectivity index (χ1v) is 12.9. The number of benzene rings is 1. The second kappa shape index (κ2) is 10.3. The van der Waals surface area contributed by atoms with Gasteiger partial charge in [0, 0.05) is 42.8 Å². The zero-order valence-corrected chi connectivity index (χ0v) is 20.4. The molecule has 1 fully saturated rings. The van der Waals surface area contributed by atoms with E-state index < -0.39 is 53.7 Å². The molecule has 2 atom stereocenters. The first-order valence-electron chi connectivity index (χ1n) is 11.4. The van der Waals surface area contributed by atoms with Gasteiger partial charge in [-0.3, -0.25) is 0 Å². The molecule has 0 radical (unpaired) electrons. The molecule has 0 aliphatic heterocycles. The summed E-state index contributed by atoms with van der Waals surface area (Å²) in [5, 5.41) is 7.29. The van der Waals surface area contributed by atoms with Crippen LogP contribution in [-0.4, -0.2) is 52.9 Å².